The molecule has 0 fully saturated rings. The fraction of sp³-hybridized carbons (Fsp3) is 0.118. The number of anilines is 1. The van der Waals surface area contributed by atoms with Gasteiger partial charge in [0.2, 0.25) is 5.91 Å². The van der Waals surface area contributed by atoms with E-state index in [1.165, 1.54) is 42.5 Å². The van der Waals surface area contributed by atoms with E-state index in [-0.39, 0.29) is 4.90 Å². The Morgan fingerprint density at radius 2 is 1.72 bits per heavy atom. The average molecular weight is 369 g/mol. The lowest BCUT2D eigenvalue weighted by atomic mass is 10.1. The Bertz CT molecular complexity index is 901. The van der Waals surface area contributed by atoms with Crippen molar-refractivity contribution < 1.29 is 26.4 Å². The number of nitrogens with one attached hydrogen (secondary N) is 1. The topological polar surface area (TPSA) is 63.2 Å². The highest BCUT2D eigenvalue weighted by atomic mass is 32.2. The number of carbonyl (C=O) groups is 1. The fourth-order valence-electron chi connectivity index (χ4n) is 1.94. The maximum Gasteiger partial charge on any atom is 0.416 e. The van der Waals surface area contributed by atoms with Crippen molar-refractivity contribution in [3.63, 3.8) is 0 Å². The fourth-order valence-corrected chi connectivity index (χ4v) is 2.61. The summed E-state index contributed by atoms with van der Waals surface area (Å²) in [6.07, 6.45) is -0.853. The smallest absolute Gasteiger partial charge is 0.322 e. The predicted molar refractivity (Wildman–Crippen MR) is 88.7 cm³/mol. The van der Waals surface area contributed by atoms with Gasteiger partial charge in [0.15, 0.2) is 9.84 Å². The third-order valence-electron chi connectivity index (χ3n) is 3.19. The molecule has 0 saturated carbocycles. The Kier molecular flexibility index (Phi) is 5.32. The minimum Gasteiger partial charge on any atom is -0.322 e. The molecule has 0 unspecified atom stereocenters. The summed E-state index contributed by atoms with van der Waals surface area (Å²) in [4.78, 5) is 11.9. The molecule has 0 aliphatic carbocycles. The maximum atomic E-state index is 12.5. The molecule has 25 heavy (non-hydrogen) atoms. The number of rotatable bonds is 4. The lowest BCUT2D eigenvalue weighted by Crippen LogP contribution is -2.08. The predicted octanol–water partition coefficient (Wildman–Crippen LogP) is 3.76. The van der Waals surface area contributed by atoms with E-state index in [0.717, 1.165) is 24.5 Å². The molecule has 2 rings (SSSR count). The van der Waals surface area contributed by atoms with E-state index in [9.17, 15) is 26.4 Å². The number of amides is 1. The van der Waals surface area contributed by atoms with Gasteiger partial charge < -0.3 is 5.32 Å². The number of hydrogen-bond donors (Lipinski definition) is 1. The third-order valence-corrected chi connectivity index (χ3v) is 4.31. The summed E-state index contributed by atoms with van der Waals surface area (Å²) < 4.78 is 60.3. The molecule has 8 heteroatoms. The first-order valence-corrected chi connectivity index (χ1v) is 8.91. The van der Waals surface area contributed by atoms with Crippen molar-refractivity contribution in [1.82, 2.24) is 0 Å². The highest BCUT2D eigenvalue weighted by Gasteiger charge is 2.29. The van der Waals surface area contributed by atoms with E-state index >= 15 is 0 Å². The van der Waals surface area contributed by atoms with Crippen LogP contribution in [-0.2, 0) is 20.8 Å². The molecule has 1 N–H and O–H groups in total. The van der Waals surface area contributed by atoms with Crippen molar-refractivity contribution in [2.45, 2.75) is 11.1 Å². The van der Waals surface area contributed by atoms with E-state index in [1.54, 1.807) is 0 Å². The van der Waals surface area contributed by atoms with Crippen LogP contribution in [0.3, 0.4) is 0 Å². The summed E-state index contributed by atoms with van der Waals surface area (Å²) in [6.45, 7) is 0. The third kappa shape index (κ3) is 5.46. The van der Waals surface area contributed by atoms with Gasteiger partial charge in [-0.2, -0.15) is 13.2 Å². The molecule has 0 heterocycles. The van der Waals surface area contributed by atoms with Gasteiger partial charge in [-0.25, -0.2) is 8.42 Å². The van der Waals surface area contributed by atoms with Crippen molar-refractivity contribution in [3.05, 3.63) is 65.7 Å². The second-order valence-electron chi connectivity index (χ2n) is 5.24. The Morgan fingerprint density at radius 1 is 1.08 bits per heavy atom. The summed E-state index contributed by atoms with van der Waals surface area (Å²) in [5, 5.41) is 2.49. The number of halogens is 3. The highest BCUT2D eigenvalue weighted by molar-refractivity contribution is 7.90. The normalized spacial score (nSPS) is 12.3. The molecule has 0 spiro atoms. The van der Waals surface area contributed by atoms with Crippen LogP contribution in [0, 0.1) is 0 Å². The van der Waals surface area contributed by atoms with Gasteiger partial charge in [-0.15, -0.1) is 0 Å². The van der Waals surface area contributed by atoms with E-state index in [2.05, 4.69) is 5.32 Å². The van der Waals surface area contributed by atoms with Crippen LogP contribution in [0.4, 0.5) is 18.9 Å². The molecule has 0 bridgehead atoms. The van der Waals surface area contributed by atoms with Gasteiger partial charge in [-0.1, -0.05) is 18.2 Å². The van der Waals surface area contributed by atoms with Gasteiger partial charge in [0.1, 0.15) is 0 Å². The zero-order chi connectivity index (χ0) is 18.7. The Morgan fingerprint density at radius 3 is 2.28 bits per heavy atom. The highest BCUT2D eigenvalue weighted by Crippen LogP contribution is 2.29. The minimum absolute atomic E-state index is 0.0667. The average Bonchev–Trinajstić information content (AvgIpc) is 2.52. The van der Waals surface area contributed by atoms with Crippen LogP contribution in [-0.4, -0.2) is 20.6 Å². The summed E-state index contributed by atoms with van der Waals surface area (Å²) in [6, 6.07) is 10.1. The van der Waals surface area contributed by atoms with Gasteiger partial charge >= 0.3 is 6.18 Å². The minimum atomic E-state index is -4.41. The van der Waals surface area contributed by atoms with Crippen LogP contribution < -0.4 is 5.32 Å². The van der Waals surface area contributed by atoms with Crippen LogP contribution >= 0.6 is 0 Å². The Balaban J connectivity index is 2.06. The van der Waals surface area contributed by atoms with Gasteiger partial charge in [-0.05, 0) is 42.0 Å². The van der Waals surface area contributed by atoms with Crippen LogP contribution in [0.15, 0.2) is 59.5 Å². The first-order chi connectivity index (χ1) is 11.6. The molecular weight excluding hydrogens is 355 g/mol. The van der Waals surface area contributed by atoms with Gasteiger partial charge in [0.25, 0.3) is 0 Å². The van der Waals surface area contributed by atoms with E-state index in [0.29, 0.717) is 11.3 Å². The second kappa shape index (κ2) is 7.10. The number of alkyl halides is 3. The zero-order valence-electron chi connectivity index (χ0n) is 13.0. The van der Waals surface area contributed by atoms with Gasteiger partial charge in [0, 0.05) is 18.0 Å². The maximum absolute atomic E-state index is 12.5. The van der Waals surface area contributed by atoms with E-state index in [1.807, 2.05) is 0 Å². The molecule has 0 aliphatic rings. The SMILES string of the molecule is CS(=O)(=O)c1cccc(NC(=O)/C=C/c2ccc(C(F)(F)F)cc2)c1. The lowest BCUT2D eigenvalue weighted by Gasteiger charge is -2.06. The molecule has 0 atom stereocenters. The first-order valence-electron chi connectivity index (χ1n) is 7.02. The molecule has 132 valence electrons. The number of sulfone groups is 1. The second-order valence-corrected chi connectivity index (χ2v) is 7.26. The summed E-state index contributed by atoms with van der Waals surface area (Å²) in [5.74, 6) is -0.537. The van der Waals surface area contributed by atoms with Crippen LogP contribution in [0.2, 0.25) is 0 Å². The van der Waals surface area contributed by atoms with Crippen molar-refractivity contribution in [3.8, 4) is 0 Å². The Hall–Kier alpha value is -2.61. The largest absolute Gasteiger partial charge is 0.416 e. The molecule has 2 aromatic carbocycles. The number of hydrogen-bond acceptors (Lipinski definition) is 3. The molecule has 4 nitrogen and oxygen atoms in total. The summed E-state index contributed by atoms with van der Waals surface area (Å²) >= 11 is 0. The van der Waals surface area contributed by atoms with Crippen molar-refractivity contribution in [1.29, 1.82) is 0 Å². The summed E-state index contributed by atoms with van der Waals surface area (Å²) in [5.41, 5.74) is -0.0512. The molecule has 1 amide bonds. The van der Waals surface area contributed by atoms with Crippen LogP contribution in [0.1, 0.15) is 11.1 Å². The molecular formula is C17H14F3NO3S. The quantitative estimate of drug-likeness (QED) is 0.835. The van der Waals surface area contributed by atoms with E-state index in [4.69, 9.17) is 0 Å². The molecule has 0 saturated heterocycles. The molecule has 0 radical (unpaired) electrons. The molecule has 2 aromatic rings. The van der Waals surface area contributed by atoms with Crippen molar-refractivity contribution in [2.24, 2.45) is 0 Å². The molecule has 0 aliphatic heterocycles. The van der Waals surface area contributed by atoms with Gasteiger partial charge in [0.05, 0.1) is 10.5 Å². The first kappa shape index (κ1) is 18.7. The number of carbonyl (C=O) groups excluding carboxylic acids is 1. The standard InChI is InChI=1S/C17H14F3NO3S/c1-25(23,24)15-4-2-3-14(11-15)21-16(22)10-7-12-5-8-13(9-6-12)17(18,19)20/h2-11H,1H3,(H,21,22)/b10-7+. The lowest BCUT2D eigenvalue weighted by molar-refractivity contribution is -0.137. The summed E-state index contributed by atoms with van der Waals surface area (Å²) in [7, 11) is -3.39. The van der Waals surface area contributed by atoms with Crippen molar-refractivity contribution in [2.75, 3.05) is 11.6 Å². The van der Waals surface area contributed by atoms with Crippen molar-refractivity contribution >= 4 is 27.5 Å². The number of benzene rings is 2. The van der Waals surface area contributed by atoms with Crippen LogP contribution in [0.5, 0.6) is 0 Å². The van der Waals surface area contributed by atoms with Gasteiger partial charge in [-0.3, -0.25) is 4.79 Å². The molecule has 0 aromatic heterocycles. The zero-order valence-corrected chi connectivity index (χ0v) is 13.9. The van der Waals surface area contributed by atoms with Crippen LogP contribution in [0.25, 0.3) is 6.08 Å². The Labute approximate surface area is 142 Å². The van der Waals surface area contributed by atoms with E-state index < -0.39 is 27.5 Å². The monoisotopic (exact) mass is 369 g/mol.